The van der Waals surface area contributed by atoms with Gasteiger partial charge < -0.3 is 0 Å². The number of tetrazole rings is 1. The molecule has 0 radical (unpaired) electrons. The quantitative estimate of drug-likeness (QED) is 0.686. The summed E-state index contributed by atoms with van der Waals surface area (Å²) in [7, 11) is 0. The van der Waals surface area contributed by atoms with Crippen molar-refractivity contribution in [3.8, 4) is 22.5 Å². The van der Waals surface area contributed by atoms with E-state index < -0.39 is 0 Å². The van der Waals surface area contributed by atoms with E-state index in [0.29, 0.717) is 12.4 Å². The summed E-state index contributed by atoms with van der Waals surface area (Å²) in [6.07, 6.45) is 3.00. The number of nitrogens with one attached hydrogen (secondary N) is 1. The van der Waals surface area contributed by atoms with Crippen LogP contribution in [0.4, 0.5) is 0 Å². The number of nitrogens with zero attached hydrogens (tertiary/aromatic N) is 5. The fourth-order valence-electron chi connectivity index (χ4n) is 3.38. The number of aromatic amines is 1. The van der Waals surface area contributed by atoms with Crippen molar-refractivity contribution in [1.29, 1.82) is 0 Å². The molecule has 1 amide bonds. The van der Waals surface area contributed by atoms with Gasteiger partial charge in [-0.05, 0) is 28.3 Å². The maximum atomic E-state index is 12.2. The molecule has 0 unspecified atom stereocenters. The summed E-state index contributed by atoms with van der Waals surface area (Å²) in [4.78, 5) is 18.4. The Hall–Kier alpha value is -3.35. The van der Waals surface area contributed by atoms with Crippen LogP contribution < -0.4 is 0 Å². The number of unbranched alkanes of at least 4 members (excludes halogenated alkanes) is 1. The second-order valence-corrected chi connectivity index (χ2v) is 6.79. The Morgan fingerprint density at radius 2 is 1.86 bits per heavy atom. The third-order valence-electron chi connectivity index (χ3n) is 4.88. The molecular weight excluding hydrogens is 352 g/mol. The fraction of sp³-hybridized carbons (Fsp3) is 0.286. The molecule has 1 aliphatic heterocycles. The Bertz CT molecular complexity index is 978. The molecule has 28 heavy (non-hydrogen) atoms. The first kappa shape index (κ1) is 18.0. The molecular formula is C21H22N6O. The summed E-state index contributed by atoms with van der Waals surface area (Å²) >= 11 is 0. The van der Waals surface area contributed by atoms with E-state index in [9.17, 15) is 4.79 Å². The van der Waals surface area contributed by atoms with Crippen LogP contribution in [0.5, 0.6) is 0 Å². The lowest BCUT2D eigenvalue weighted by Gasteiger charge is -2.19. The van der Waals surface area contributed by atoms with E-state index in [2.05, 4.69) is 56.8 Å². The van der Waals surface area contributed by atoms with Crippen LogP contribution in [0.25, 0.3) is 22.5 Å². The molecule has 142 valence electrons. The molecule has 4 rings (SSSR count). The van der Waals surface area contributed by atoms with Crippen LogP contribution in [0.1, 0.15) is 31.7 Å². The highest BCUT2D eigenvalue weighted by molar-refractivity contribution is 6.03. The van der Waals surface area contributed by atoms with E-state index in [1.165, 1.54) is 0 Å². The van der Waals surface area contributed by atoms with Crippen LogP contribution in [0, 0.1) is 0 Å². The maximum absolute atomic E-state index is 12.2. The Balaban J connectivity index is 1.54. The molecule has 1 aromatic heterocycles. The molecule has 0 fully saturated rings. The number of rotatable bonds is 7. The van der Waals surface area contributed by atoms with E-state index in [1.807, 2.05) is 29.2 Å². The van der Waals surface area contributed by atoms with Crippen LogP contribution in [-0.4, -0.2) is 43.8 Å². The molecule has 0 saturated carbocycles. The molecule has 7 heteroatoms. The SMILES string of the molecule is CCCCC1=NCC(=O)N1Cc1ccc(-c2ccccc2-c2nn[nH]n2)cc1. The van der Waals surface area contributed by atoms with E-state index in [1.54, 1.807) is 0 Å². The van der Waals surface area contributed by atoms with Crippen LogP contribution in [0.15, 0.2) is 53.5 Å². The predicted octanol–water partition coefficient (Wildman–Crippen LogP) is 3.46. The van der Waals surface area contributed by atoms with Crippen molar-refractivity contribution in [2.75, 3.05) is 6.54 Å². The van der Waals surface area contributed by atoms with Gasteiger partial charge in [0.05, 0.1) is 6.54 Å². The molecule has 1 aliphatic rings. The molecule has 7 nitrogen and oxygen atoms in total. The Labute approximate surface area is 163 Å². The smallest absolute Gasteiger partial charge is 0.249 e. The maximum Gasteiger partial charge on any atom is 0.249 e. The Kier molecular flexibility index (Phi) is 5.23. The summed E-state index contributed by atoms with van der Waals surface area (Å²) < 4.78 is 0. The Morgan fingerprint density at radius 1 is 1.07 bits per heavy atom. The van der Waals surface area contributed by atoms with Crippen LogP contribution in [-0.2, 0) is 11.3 Å². The largest absolute Gasteiger partial charge is 0.295 e. The summed E-state index contributed by atoms with van der Waals surface area (Å²) in [5, 5.41) is 14.3. The number of H-pyrrole nitrogens is 1. The lowest BCUT2D eigenvalue weighted by atomic mass is 9.98. The van der Waals surface area contributed by atoms with E-state index >= 15 is 0 Å². The minimum atomic E-state index is 0.0811. The zero-order valence-electron chi connectivity index (χ0n) is 15.8. The number of carbonyl (C=O) groups excluding carboxylic acids is 1. The van der Waals surface area contributed by atoms with Gasteiger partial charge in [0.1, 0.15) is 12.4 Å². The number of amidine groups is 1. The van der Waals surface area contributed by atoms with Crippen molar-refractivity contribution >= 4 is 11.7 Å². The first-order valence-corrected chi connectivity index (χ1v) is 9.52. The molecule has 3 aromatic rings. The number of hydrogen-bond acceptors (Lipinski definition) is 5. The summed E-state index contributed by atoms with van der Waals surface area (Å²) in [6, 6.07) is 16.2. The van der Waals surface area contributed by atoms with E-state index in [-0.39, 0.29) is 12.5 Å². The summed E-state index contributed by atoms with van der Waals surface area (Å²) in [5.41, 5.74) is 4.11. The van der Waals surface area contributed by atoms with E-state index in [4.69, 9.17) is 0 Å². The van der Waals surface area contributed by atoms with Gasteiger partial charge in [-0.1, -0.05) is 61.9 Å². The van der Waals surface area contributed by atoms with Gasteiger partial charge in [0.15, 0.2) is 0 Å². The van der Waals surface area contributed by atoms with Crippen molar-refractivity contribution in [1.82, 2.24) is 25.5 Å². The molecule has 0 aliphatic carbocycles. The van der Waals surface area contributed by atoms with Crippen molar-refractivity contribution in [2.45, 2.75) is 32.7 Å². The molecule has 0 bridgehead atoms. The monoisotopic (exact) mass is 374 g/mol. The van der Waals surface area contributed by atoms with Gasteiger partial charge in [-0.3, -0.25) is 14.7 Å². The predicted molar refractivity (Wildman–Crippen MR) is 107 cm³/mol. The van der Waals surface area contributed by atoms with Gasteiger partial charge in [0.2, 0.25) is 11.7 Å². The van der Waals surface area contributed by atoms with Gasteiger partial charge in [0, 0.05) is 12.0 Å². The highest BCUT2D eigenvalue weighted by Gasteiger charge is 2.24. The zero-order valence-corrected chi connectivity index (χ0v) is 15.8. The van der Waals surface area contributed by atoms with Gasteiger partial charge in [-0.2, -0.15) is 5.21 Å². The van der Waals surface area contributed by atoms with Gasteiger partial charge >= 0.3 is 0 Å². The topological polar surface area (TPSA) is 87.1 Å². The molecule has 2 aromatic carbocycles. The highest BCUT2D eigenvalue weighted by atomic mass is 16.2. The number of aliphatic imine (C=N–C) groups is 1. The lowest BCUT2D eigenvalue weighted by molar-refractivity contribution is -0.125. The van der Waals surface area contributed by atoms with E-state index in [0.717, 1.165) is 47.4 Å². The van der Waals surface area contributed by atoms with Gasteiger partial charge in [-0.25, -0.2) is 0 Å². The molecule has 0 saturated heterocycles. The lowest BCUT2D eigenvalue weighted by Crippen LogP contribution is -2.31. The number of benzene rings is 2. The second kappa shape index (κ2) is 8.12. The third-order valence-corrected chi connectivity index (χ3v) is 4.88. The molecule has 0 spiro atoms. The van der Waals surface area contributed by atoms with Crippen LogP contribution in [0.3, 0.4) is 0 Å². The van der Waals surface area contributed by atoms with Crippen molar-refractivity contribution in [2.24, 2.45) is 4.99 Å². The molecule has 2 heterocycles. The molecule has 1 N–H and O–H groups in total. The highest BCUT2D eigenvalue weighted by Crippen LogP contribution is 2.30. The average molecular weight is 374 g/mol. The van der Waals surface area contributed by atoms with Crippen molar-refractivity contribution < 1.29 is 4.79 Å². The molecule has 0 atom stereocenters. The van der Waals surface area contributed by atoms with Crippen molar-refractivity contribution in [3.05, 3.63) is 54.1 Å². The summed E-state index contributed by atoms with van der Waals surface area (Å²) in [6.45, 7) is 2.98. The third kappa shape index (κ3) is 3.69. The zero-order chi connectivity index (χ0) is 19.3. The standard InChI is InChI=1S/C21H22N6O/c1-2-3-8-19-22-13-20(28)27(19)14-15-9-11-16(12-10-15)17-6-4-5-7-18(17)21-23-25-26-24-21/h4-7,9-12H,2-3,8,13-14H2,1H3,(H,23,24,25,26). The number of hydrogen-bond donors (Lipinski definition) is 1. The normalized spacial score (nSPS) is 13.8. The minimum Gasteiger partial charge on any atom is -0.295 e. The second-order valence-electron chi connectivity index (χ2n) is 6.79. The van der Waals surface area contributed by atoms with Gasteiger partial charge in [0.25, 0.3) is 0 Å². The number of carbonyl (C=O) groups is 1. The average Bonchev–Trinajstić information content (AvgIpc) is 3.38. The number of amides is 1. The van der Waals surface area contributed by atoms with Gasteiger partial charge in [-0.15, -0.1) is 10.2 Å². The van der Waals surface area contributed by atoms with Crippen LogP contribution >= 0.6 is 0 Å². The first-order chi connectivity index (χ1) is 13.8. The Morgan fingerprint density at radius 3 is 2.57 bits per heavy atom. The summed E-state index contributed by atoms with van der Waals surface area (Å²) in [5.74, 6) is 1.56. The van der Waals surface area contributed by atoms with Crippen molar-refractivity contribution in [3.63, 3.8) is 0 Å². The minimum absolute atomic E-state index is 0.0811. The first-order valence-electron chi connectivity index (χ1n) is 9.52. The number of aromatic nitrogens is 4. The fourth-order valence-corrected chi connectivity index (χ4v) is 3.38. The van der Waals surface area contributed by atoms with Crippen LogP contribution in [0.2, 0.25) is 0 Å².